The van der Waals surface area contributed by atoms with Crippen LogP contribution < -0.4 is 5.56 Å². The fourth-order valence-corrected chi connectivity index (χ4v) is 4.56. The number of ether oxygens (including phenoxy) is 1. The fraction of sp³-hybridized carbons (Fsp3) is 0.278. The molecule has 0 aliphatic carbocycles. The van der Waals surface area contributed by atoms with Crippen molar-refractivity contribution in [3.05, 3.63) is 51.1 Å². The van der Waals surface area contributed by atoms with Crippen molar-refractivity contribution >= 4 is 39.3 Å². The molecular weight excluding hydrogens is 356 g/mol. The van der Waals surface area contributed by atoms with Crippen molar-refractivity contribution in [2.24, 2.45) is 0 Å². The Morgan fingerprint density at radius 3 is 2.60 bits per heavy atom. The first kappa shape index (κ1) is 17.7. The zero-order chi connectivity index (χ0) is 18.1. The van der Waals surface area contributed by atoms with Crippen molar-refractivity contribution in [3.8, 4) is 5.69 Å². The van der Waals surface area contributed by atoms with Crippen molar-refractivity contribution < 1.29 is 9.53 Å². The van der Waals surface area contributed by atoms with Gasteiger partial charge in [-0.25, -0.2) is 4.98 Å². The predicted molar refractivity (Wildman–Crippen MR) is 102 cm³/mol. The zero-order valence-electron chi connectivity index (χ0n) is 14.4. The first-order valence-corrected chi connectivity index (χ1v) is 9.46. The molecule has 0 N–H and O–H groups in total. The van der Waals surface area contributed by atoms with Crippen molar-refractivity contribution in [1.29, 1.82) is 0 Å². The molecule has 1 aromatic carbocycles. The van der Waals surface area contributed by atoms with Crippen LogP contribution in [0.4, 0.5) is 0 Å². The molecular formula is C18H18N2O3S2. The van der Waals surface area contributed by atoms with Crippen LogP contribution >= 0.6 is 23.1 Å². The molecule has 0 spiro atoms. The summed E-state index contributed by atoms with van der Waals surface area (Å²) in [5, 5.41) is 0.663. The number of carbonyl (C=O) groups is 1. The minimum Gasteiger partial charge on any atom is -0.468 e. The molecule has 25 heavy (non-hydrogen) atoms. The van der Waals surface area contributed by atoms with Gasteiger partial charge in [0.05, 0.1) is 18.2 Å². The molecule has 0 aliphatic rings. The third-order valence-corrected chi connectivity index (χ3v) is 6.13. The molecule has 7 heteroatoms. The lowest BCUT2D eigenvalue weighted by Crippen LogP contribution is -2.23. The molecule has 1 unspecified atom stereocenters. The van der Waals surface area contributed by atoms with Crippen LogP contribution in [0, 0.1) is 13.8 Å². The van der Waals surface area contributed by atoms with Crippen molar-refractivity contribution in [2.75, 3.05) is 7.11 Å². The van der Waals surface area contributed by atoms with E-state index in [0.717, 1.165) is 16.1 Å². The van der Waals surface area contributed by atoms with E-state index >= 15 is 0 Å². The smallest absolute Gasteiger partial charge is 0.318 e. The molecule has 3 aromatic rings. The maximum absolute atomic E-state index is 13.2. The molecule has 2 heterocycles. The highest BCUT2D eigenvalue weighted by Crippen LogP contribution is 2.31. The van der Waals surface area contributed by atoms with E-state index in [4.69, 9.17) is 4.74 Å². The van der Waals surface area contributed by atoms with E-state index in [9.17, 15) is 9.59 Å². The number of carbonyl (C=O) groups excluding carboxylic acids is 1. The van der Waals surface area contributed by atoms with Crippen LogP contribution in [0.1, 0.15) is 17.4 Å². The summed E-state index contributed by atoms with van der Waals surface area (Å²) in [6.07, 6.45) is 0. The summed E-state index contributed by atoms with van der Waals surface area (Å²) in [4.78, 5) is 31.5. The average Bonchev–Trinajstić information content (AvgIpc) is 2.89. The van der Waals surface area contributed by atoms with Crippen LogP contribution in [0.5, 0.6) is 0 Å². The van der Waals surface area contributed by atoms with E-state index < -0.39 is 5.25 Å². The van der Waals surface area contributed by atoms with Gasteiger partial charge >= 0.3 is 5.97 Å². The number of aromatic nitrogens is 2. The van der Waals surface area contributed by atoms with Gasteiger partial charge in [0.25, 0.3) is 5.56 Å². The summed E-state index contributed by atoms with van der Waals surface area (Å²) < 4.78 is 6.37. The highest BCUT2D eigenvalue weighted by atomic mass is 32.2. The number of para-hydroxylation sites is 1. The van der Waals surface area contributed by atoms with Gasteiger partial charge in [-0.15, -0.1) is 11.3 Å². The number of hydrogen-bond donors (Lipinski definition) is 0. The molecule has 0 bridgehead atoms. The molecule has 2 aromatic heterocycles. The quantitative estimate of drug-likeness (QED) is 0.396. The molecule has 1 atom stereocenters. The topological polar surface area (TPSA) is 61.2 Å². The maximum atomic E-state index is 13.2. The standard InChI is InChI=1S/C18H18N2O3S2/c1-10-11(2)24-15-14(10)16(21)20(13-8-6-5-7-9-13)18(19-15)25-12(3)17(22)23-4/h5-9,12H,1-4H3. The number of thiophene rings is 1. The number of benzene rings is 1. The summed E-state index contributed by atoms with van der Waals surface area (Å²) in [6.45, 7) is 5.67. The molecule has 0 amide bonds. The largest absolute Gasteiger partial charge is 0.468 e. The molecule has 0 saturated heterocycles. The Hall–Kier alpha value is -2.12. The van der Waals surface area contributed by atoms with E-state index in [1.165, 1.54) is 30.2 Å². The normalized spacial score (nSPS) is 12.3. The highest BCUT2D eigenvalue weighted by molar-refractivity contribution is 8.00. The van der Waals surface area contributed by atoms with Crippen LogP contribution in [-0.2, 0) is 9.53 Å². The van der Waals surface area contributed by atoms with Gasteiger partial charge < -0.3 is 4.74 Å². The van der Waals surface area contributed by atoms with Gasteiger partial charge in [-0.2, -0.15) is 0 Å². The summed E-state index contributed by atoms with van der Waals surface area (Å²) >= 11 is 2.72. The average molecular weight is 374 g/mol. The first-order valence-electron chi connectivity index (χ1n) is 7.76. The second-order valence-corrected chi connectivity index (χ2v) is 8.13. The van der Waals surface area contributed by atoms with Gasteiger partial charge in [-0.3, -0.25) is 14.2 Å². The Labute approximate surface area is 153 Å². The van der Waals surface area contributed by atoms with Crippen molar-refractivity contribution in [2.45, 2.75) is 31.2 Å². The van der Waals surface area contributed by atoms with Gasteiger partial charge in [0.1, 0.15) is 10.1 Å². The van der Waals surface area contributed by atoms with Crippen LogP contribution in [0.3, 0.4) is 0 Å². The number of aryl methyl sites for hydroxylation is 2. The summed E-state index contributed by atoms with van der Waals surface area (Å²) in [6, 6.07) is 9.35. The second kappa shape index (κ2) is 7.01. The minimum absolute atomic E-state index is 0.113. The first-order chi connectivity index (χ1) is 11.9. The van der Waals surface area contributed by atoms with Gasteiger partial charge in [-0.1, -0.05) is 30.0 Å². The highest BCUT2D eigenvalue weighted by Gasteiger charge is 2.22. The molecule has 0 radical (unpaired) electrons. The maximum Gasteiger partial charge on any atom is 0.318 e. The Morgan fingerprint density at radius 2 is 1.96 bits per heavy atom. The number of methoxy groups -OCH3 is 1. The lowest BCUT2D eigenvalue weighted by molar-refractivity contribution is -0.139. The number of rotatable bonds is 4. The number of esters is 1. The molecule has 0 saturated carbocycles. The van der Waals surface area contributed by atoms with Crippen LogP contribution in [0.15, 0.2) is 40.3 Å². The van der Waals surface area contributed by atoms with Crippen LogP contribution in [0.25, 0.3) is 15.9 Å². The Morgan fingerprint density at radius 1 is 1.28 bits per heavy atom. The Bertz CT molecular complexity index is 993. The third kappa shape index (κ3) is 3.21. The lowest BCUT2D eigenvalue weighted by Gasteiger charge is -2.14. The molecule has 0 fully saturated rings. The van der Waals surface area contributed by atoms with E-state index in [1.54, 1.807) is 11.5 Å². The van der Waals surface area contributed by atoms with Gasteiger partial charge in [0.2, 0.25) is 0 Å². The van der Waals surface area contributed by atoms with Gasteiger partial charge in [0, 0.05) is 4.88 Å². The number of thioether (sulfide) groups is 1. The molecule has 3 rings (SSSR count). The van der Waals surface area contributed by atoms with E-state index in [1.807, 2.05) is 44.2 Å². The third-order valence-electron chi connectivity index (χ3n) is 4.00. The second-order valence-electron chi connectivity index (χ2n) is 5.62. The predicted octanol–water partition coefficient (Wildman–Crippen LogP) is 3.72. The SMILES string of the molecule is COC(=O)C(C)Sc1nc2sc(C)c(C)c2c(=O)n1-c1ccccc1. The van der Waals surface area contributed by atoms with E-state index in [2.05, 4.69) is 4.98 Å². The molecule has 5 nitrogen and oxygen atoms in total. The monoisotopic (exact) mass is 374 g/mol. The van der Waals surface area contributed by atoms with Gasteiger partial charge in [-0.05, 0) is 38.5 Å². The molecule has 0 aliphatic heterocycles. The van der Waals surface area contributed by atoms with Gasteiger partial charge in [0.15, 0.2) is 5.16 Å². The molecule has 130 valence electrons. The summed E-state index contributed by atoms with van der Waals surface area (Å²) in [7, 11) is 1.35. The fourth-order valence-electron chi connectivity index (χ4n) is 2.53. The lowest BCUT2D eigenvalue weighted by atomic mass is 10.2. The number of fused-ring (bicyclic) bond motifs is 1. The summed E-state index contributed by atoms with van der Waals surface area (Å²) in [5.41, 5.74) is 1.57. The number of hydrogen-bond acceptors (Lipinski definition) is 6. The minimum atomic E-state index is -0.466. The van der Waals surface area contributed by atoms with E-state index in [-0.39, 0.29) is 11.5 Å². The zero-order valence-corrected chi connectivity index (χ0v) is 16.0. The Balaban J connectivity index is 2.27. The Kier molecular flexibility index (Phi) is 4.96. The van der Waals surface area contributed by atoms with Crippen LogP contribution in [-0.4, -0.2) is 27.9 Å². The van der Waals surface area contributed by atoms with Crippen molar-refractivity contribution in [1.82, 2.24) is 9.55 Å². The summed E-state index contributed by atoms with van der Waals surface area (Å²) in [5.74, 6) is -0.350. The van der Waals surface area contributed by atoms with Crippen molar-refractivity contribution in [3.63, 3.8) is 0 Å². The van der Waals surface area contributed by atoms with E-state index in [0.29, 0.717) is 15.4 Å². The van der Waals surface area contributed by atoms with Crippen LogP contribution in [0.2, 0.25) is 0 Å². The number of nitrogens with zero attached hydrogens (tertiary/aromatic N) is 2.